The number of aliphatic hydroxyl groups is 1. The lowest BCUT2D eigenvalue weighted by Crippen LogP contribution is -2.59. The summed E-state index contributed by atoms with van der Waals surface area (Å²) in [5, 5.41) is 11.0. The number of carbonyl (C=O) groups excluding carboxylic acids is 1. The van der Waals surface area contributed by atoms with Crippen LogP contribution in [0.3, 0.4) is 0 Å². The van der Waals surface area contributed by atoms with Gasteiger partial charge < -0.3 is 14.7 Å². The highest BCUT2D eigenvalue weighted by atomic mass is 32.2. The predicted molar refractivity (Wildman–Crippen MR) is 104 cm³/mol. The largest absolute Gasteiger partial charge is 0.501 e. The molecule has 0 spiro atoms. The highest BCUT2D eigenvalue weighted by Crippen LogP contribution is 2.45. The van der Waals surface area contributed by atoms with Crippen molar-refractivity contribution < 1.29 is 36.2 Å². The first-order chi connectivity index (χ1) is 14.3. The van der Waals surface area contributed by atoms with Crippen LogP contribution in [-0.2, 0) is 14.6 Å². The smallest absolute Gasteiger partial charge is 0.485 e. The molecule has 2 fully saturated rings. The van der Waals surface area contributed by atoms with Crippen LogP contribution in [0.5, 0.6) is 5.75 Å². The number of rotatable bonds is 4. The maximum atomic E-state index is 13.1. The van der Waals surface area contributed by atoms with Gasteiger partial charge in [-0.05, 0) is 50.8 Å². The maximum absolute atomic E-state index is 13.1. The standard InChI is InChI=1S/C20H25F3N2O5S/c1-19(2)18(27)17(25-8-7-24(11-16(25)26)10-12-3-4-12)14-9-13(5-6-15(14)30-19)31(28,29)20(21,22)23/h5-6,9,12,17-18,27H,3-4,7-8,10-11H2,1-2H3/t17-,18+/m1/s1. The Balaban J connectivity index is 1.71. The lowest BCUT2D eigenvalue weighted by atomic mass is 9.85. The van der Waals surface area contributed by atoms with Crippen molar-refractivity contribution in [3.8, 4) is 5.75 Å². The van der Waals surface area contributed by atoms with Crippen LogP contribution >= 0.6 is 0 Å². The summed E-state index contributed by atoms with van der Waals surface area (Å²) in [7, 11) is -5.59. The van der Waals surface area contributed by atoms with Crippen molar-refractivity contribution >= 4 is 15.7 Å². The molecular formula is C20H25F3N2O5S. The second kappa shape index (κ2) is 7.35. The Labute approximate surface area is 178 Å². The van der Waals surface area contributed by atoms with Gasteiger partial charge in [-0.1, -0.05) is 0 Å². The van der Waals surface area contributed by atoms with Gasteiger partial charge in [0.1, 0.15) is 17.5 Å². The molecule has 7 nitrogen and oxygen atoms in total. The van der Waals surface area contributed by atoms with E-state index in [0.717, 1.165) is 37.6 Å². The van der Waals surface area contributed by atoms with Crippen molar-refractivity contribution in [1.29, 1.82) is 0 Å². The number of aliphatic hydroxyl groups excluding tert-OH is 1. The number of benzene rings is 1. The molecule has 1 saturated carbocycles. The summed E-state index contributed by atoms with van der Waals surface area (Å²) in [6.45, 7) is 5.05. The molecule has 2 heterocycles. The Morgan fingerprint density at radius 3 is 2.48 bits per heavy atom. The molecule has 0 aromatic heterocycles. The minimum absolute atomic E-state index is 0.0566. The van der Waals surface area contributed by atoms with Gasteiger partial charge in [0, 0.05) is 25.2 Å². The Kier molecular flexibility index (Phi) is 5.30. The van der Waals surface area contributed by atoms with E-state index >= 15 is 0 Å². The number of sulfone groups is 1. The summed E-state index contributed by atoms with van der Waals surface area (Å²) in [6, 6.07) is 1.84. The van der Waals surface area contributed by atoms with E-state index in [-0.39, 0.29) is 30.3 Å². The average molecular weight is 462 g/mol. The van der Waals surface area contributed by atoms with Gasteiger partial charge in [-0.15, -0.1) is 0 Å². The molecule has 1 aromatic carbocycles. The van der Waals surface area contributed by atoms with Gasteiger partial charge in [0.15, 0.2) is 0 Å². The minimum atomic E-state index is -5.59. The molecule has 4 rings (SSSR count). The zero-order valence-electron chi connectivity index (χ0n) is 17.2. The van der Waals surface area contributed by atoms with E-state index in [4.69, 9.17) is 4.74 Å². The molecule has 0 bridgehead atoms. The summed E-state index contributed by atoms with van der Waals surface area (Å²) in [4.78, 5) is 15.5. The number of hydrogen-bond acceptors (Lipinski definition) is 6. The van der Waals surface area contributed by atoms with E-state index in [0.29, 0.717) is 12.5 Å². The normalized spacial score (nSPS) is 27.0. The number of ether oxygens (including phenoxy) is 1. The van der Waals surface area contributed by atoms with Crippen LogP contribution in [-0.4, -0.2) is 72.6 Å². The van der Waals surface area contributed by atoms with E-state index in [9.17, 15) is 31.5 Å². The van der Waals surface area contributed by atoms with Crippen LogP contribution in [0.15, 0.2) is 23.1 Å². The van der Waals surface area contributed by atoms with Gasteiger partial charge in [-0.25, -0.2) is 8.42 Å². The first-order valence-electron chi connectivity index (χ1n) is 10.2. The van der Waals surface area contributed by atoms with Crippen LogP contribution in [0, 0.1) is 5.92 Å². The van der Waals surface area contributed by atoms with Gasteiger partial charge in [0.2, 0.25) is 5.91 Å². The summed E-state index contributed by atoms with van der Waals surface area (Å²) in [5.41, 5.74) is -6.54. The third-order valence-electron chi connectivity index (χ3n) is 6.18. The molecule has 1 aromatic rings. The summed E-state index contributed by atoms with van der Waals surface area (Å²) < 4.78 is 68.8. The van der Waals surface area contributed by atoms with E-state index in [1.807, 2.05) is 4.90 Å². The molecule has 0 unspecified atom stereocenters. The van der Waals surface area contributed by atoms with Crippen LogP contribution in [0.1, 0.15) is 38.3 Å². The molecule has 1 aliphatic carbocycles. The predicted octanol–water partition coefficient (Wildman–Crippen LogP) is 2.11. The average Bonchev–Trinajstić information content (AvgIpc) is 3.46. The van der Waals surface area contributed by atoms with Gasteiger partial charge in [0.25, 0.3) is 9.84 Å². The van der Waals surface area contributed by atoms with Crippen molar-refractivity contribution in [2.45, 2.75) is 54.8 Å². The molecule has 31 heavy (non-hydrogen) atoms. The molecule has 172 valence electrons. The molecule has 3 aliphatic rings. The van der Waals surface area contributed by atoms with Crippen molar-refractivity contribution in [3.05, 3.63) is 23.8 Å². The summed E-state index contributed by atoms with van der Waals surface area (Å²) in [5.74, 6) is 0.487. The molecule has 1 saturated heterocycles. The van der Waals surface area contributed by atoms with Crippen molar-refractivity contribution in [2.75, 3.05) is 26.2 Å². The van der Waals surface area contributed by atoms with Crippen LogP contribution in [0.2, 0.25) is 0 Å². The summed E-state index contributed by atoms with van der Waals surface area (Å²) in [6.07, 6.45) is 1.03. The van der Waals surface area contributed by atoms with Gasteiger partial charge in [0.05, 0.1) is 17.5 Å². The number of alkyl halides is 3. The topological polar surface area (TPSA) is 87.2 Å². The number of halogens is 3. The highest BCUT2D eigenvalue weighted by molar-refractivity contribution is 7.92. The first-order valence-corrected chi connectivity index (χ1v) is 11.6. The fraction of sp³-hybridized carbons (Fsp3) is 0.650. The monoisotopic (exact) mass is 462 g/mol. The lowest BCUT2D eigenvalue weighted by Gasteiger charge is -2.48. The Morgan fingerprint density at radius 1 is 1.23 bits per heavy atom. The van der Waals surface area contributed by atoms with Gasteiger partial charge in [-0.2, -0.15) is 13.2 Å². The number of fused-ring (bicyclic) bond motifs is 1. The zero-order valence-corrected chi connectivity index (χ0v) is 18.0. The number of carbonyl (C=O) groups is 1. The zero-order chi connectivity index (χ0) is 22.8. The van der Waals surface area contributed by atoms with Crippen LogP contribution in [0.4, 0.5) is 13.2 Å². The van der Waals surface area contributed by atoms with Crippen molar-refractivity contribution in [1.82, 2.24) is 9.80 Å². The maximum Gasteiger partial charge on any atom is 0.501 e. The molecule has 11 heteroatoms. The number of amides is 1. The summed E-state index contributed by atoms with van der Waals surface area (Å²) >= 11 is 0. The second-order valence-electron chi connectivity index (χ2n) is 9.01. The van der Waals surface area contributed by atoms with Gasteiger partial charge >= 0.3 is 5.51 Å². The molecule has 2 aliphatic heterocycles. The highest BCUT2D eigenvalue weighted by Gasteiger charge is 2.50. The first kappa shape index (κ1) is 22.3. The Bertz CT molecular complexity index is 991. The number of nitrogens with zero attached hydrogens (tertiary/aromatic N) is 2. The SMILES string of the molecule is CC1(C)Oc2ccc(S(=O)(=O)C(F)(F)F)cc2[C@@H](N2CCN(CC3CC3)CC2=O)[C@@H]1O. The van der Waals surface area contributed by atoms with Crippen LogP contribution in [0.25, 0.3) is 0 Å². The van der Waals surface area contributed by atoms with E-state index < -0.39 is 38.0 Å². The van der Waals surface area contributed by atoms with Gasteiger partial charge in [-0.3, -0.25) is 9.69 Å². The molecule has 1 amide bonds. The van der Waals surface area contributed by atoms with E-state index in [1.54, 1.807) is 13.8 Å². The van der Waals surface area contributed by atoms with Crippen molar-refractivity contribution in [2.24, 2.45) is 5.92 Å². The second-order valence-corrected chi connectivity index (χ2v) is 11.0. The van der Waals surface area contributed by atoms with Crippen molar-refractivity contribution in [3.63, 3.8) is 0 Å². The van der Waals surface area contributed by atoms with Crippen LogP contribution < -0.4 is 4.74 Å². The van der Waals surface area contributed by atoms with E-state index in [1.165, 1.54) is 4.90 Å². The lowest BCUT2D eigenvalue weighted by molar-refractivity contribution is -0.150. The third kappa shape index (κ3) is 4.03. The quantitative estimate of drug-likeness (QED) is 0.738. The fourth-order valence-electron chi connectivity index (χ4n) is 4.23. The molecule has 0 radical (unpaired) electrons. The molecular weight excluding hydrogens is 437 g/mol. The number of hydrogen-bond donors (Lipinski definition) is 1. The minimum Gasteiger partial charge on any atom is -0.485 e. The fourth-order valence-corrected chi connectivity index (χ4v) is 5.03. The molecule has 1 N–H and O–H groups in total. The Hall–Kier alpha value is -1.85. The number of piperazine rings is 1. The Morgan fingerprint density at radius 2 is 1.90 bits per heavy atom. The molecule has 2 atom stereocenters. The van der Waals surface area contributed by atoms with E-state index in [2.05, 4.69) is 0 Å². The third-order valence-corrected chi connectivity index (χ3v) is 7.67.